The molecule has 5 nitrogen and oxygen atoms in total. The van der Waals surface area contributed by atoms with Crippen LogP contribution in [0.5, 0.6) is 11.5 Å². The summed E-state index contributed by atoms with van der Waals surface area (Å²) in [7, 11) is 5.17. The van der Waals surface area contributed by atoms with Gasteiger partial charge in [-0.25, -0.2) is 4.98 Å². The molecule has 2 aromatic carbocycles. The van der Waals surface area contributed by atoms with E-state index in [1.165, 1.54) is 11.8 Å². The van der Waals surface area contributed by atoms with E-state index < -0.39 is 0 Å². The average Bonchev–Trinajstić information content (AvgIpc) is 2.94. The van der Waals surface area contributed by atoms with Crippen LogP contribution in [0.2, 0.25) is 0 Å². The maximum atomic E-state index is 12.4. The van der Waals surface area contributed by atoms with Crippen molar-refractivity contribution in [2.75, 3.05) is 20.0 Å². The van der Waals surface area contributed by atoms with Gasteiger partial charge in [0.1, 0.15) is 11.5 Å². The number of benzene rings is 2. The minimum atomic E-state index is 0.0449. The van der Waals surface area contributed by atoms with E-state index in [0.29, 0.717) is 17.1 Å². The molecular formula is C18H18N2O3S. The van der Waals surface area contributed by atoms with E-state index >= 15 is 0 Å². The topological polar surface area (TPSA) is 53.4 Å². The molecule has 1 aromatic heterocycles. The van der Waals surface area contributed by atoms with Crippen molar-refractivity contribution in [3.63, 3.8) is 0 Å². The van der Waals surface area contributed by atoms with Crippen LogP contribution in [0, 0.1) is 0 Å². The minimum Gasteiger partial charge on any atom is -0.497 e. The standard InChI is InChI=1S/C18H18N2O3S/c1-20-16-8-7-14(23-3)10-15(16)19-18(20)24-11-17(21)12-5-4-6-13(9-12)22-2/h4-10H,11H2,1-3H3. The van der Waals surface area contributed by atoms with E-state index in [-0.39, 0.29) is 5.78 Å². The molecular weight excluding hydrogens is 324 g/mol. The monoisotopic (exact) mass is 342 g/mol. The van der Waals surface area contributed by atoms with Crippen LogP contribution in [-0.2, 0) is 7.05 Å². The maximum absolute atomic E-state index is 12.4. The van der Waals surface area contributed by atoms with Crippen LogP contribution in [0.4, 0.5) is 0 Å². The Morgan fingerprint density at radius 2 is 1.88 bits per heavy atom. The summed E-state index contributed by atoms with van der Waals surface area (Å²) in [5.74, 6) is 1.82. The lowest BCUT2D eigenvalue weighted by Gasteiger charge is -2.04. The van der Waals surface area contributed by atoms with Crippen molar-refractivity contribution in [1.82, 2.24) is 9.55 Å². The largest absolute Gasteiger partial charge is 0.497 e. The lowest BCUT2D eigenvalue weighted by atomic mass is 10.1. The second kappa shape index (κ2) is 6.97. The zero-order valence-corrected chi connectivity index (χ0v) is 14.6. The summed E-state index contributed by atoms with van der Waals surface area (Å²) in [6, 6.07) is 13.0. The van der Waals surface area contributed by atoms with Crippen LogP contribution in [-0.4, -0.2) is 35.3 Å². The fourth-order valence-electron chi connectivity index (χ4n) is 2.42. The van der Waals surface area contributed by atoms with Crippen molar-refractivity contribution in [3.05, 3.63) is 48.0 Å². The van der Waals surface area contributed by atoms with Crippen LogP contribution < -0.4 is 9.47 Å². The number of ketones is 1. The minimum absolute atomic E-state index is 0.0449. The Hall–Kier alpha value is -2.47. The summed E-state index contributed by atoms with van der Waals surface area (Å²) in [5, 5.41) is 0.800. The van der Waals surface area contributed by atoms with Crippen molar-refractivity contribution in [2.24, 2.45) is 7.05 Å². The first-order chi connectivity index (χ1) is 11.6. The number of thioether (sulfide) groups is 1. The van der Waals surface area contributed by atoms with Crippen molar-refractivity contribution in [1.29, 1.82) is 0 Å². The molecule has 0 saturated carbocycles. The van der Waals surface area contributed by atoms with Gasteiger partial charge < -0.3 is 14.0 Å². The molecule has 0 aliphatic heterocycles. The molecule has 0 saturated heterocycles. The molecule has 0 fully saturated rings. The molecule has 0 aliphatic rings. The van der Waals surface area contributed by atoms with Gasteiger partial charge in [0.05, 0.1) is 31.0 Å². The normalized spacial score (nSPS) is 10.8. The van der Waals surface area contributed by atoms with E-state index in [1.807, 2.05) is 41.9 Å². The lowest BCUT2D eigenvalue weighted by molar-refractivity contribution is 0.102. The smallest absolute Gasteiger partial charge is 0.173 e. The van der Waals surface area contributed by atoms with Gasteiger partial charge in [-0.15, -0.1) is 0 Å². The van der Waals surface area contributed by atoms with Gasteiger partial charge in [-0.05, 0) is 24.3 Å². The van der Waals surface area contributed by atoms with Gasteiger partial charge in [-0.2, -0.15) is 0 Å². The van der Waals surface area contributed by atoms with Crippen molar-refractivity contribution >= 4 is 28.6 Å². The fourth-order valence-corrected chi connectivity index (χ4v) is 3.31. The van der Waals surface area contributed by atoms with E-state index in [9.17, 15) is 4.79 Å². The Morgan fingerprint density at radius 3 is 2.62 bits per heavy atom. The molecule has 3 aromatic rings. The highest BCUT2D eigenvalue weighted by Crippen LogP contribution is 2.26. The lowest BCUT2D eigenvalue weighted by Crippen LogP contribution is -2.04. The van der Waals surface area contributed by atoms with E-state index in [0.717, 1.165) is 21.9 Å². The van der Waals surface area contributed by atoms with Gasteiger partial charge >= 0.3 is 0 Å². The Bertz CT molecular complexity index is 889. The third-order valence-electron chi connectivity index (χ3n) is 3.77. The summed E-state index contributed by atoms with van der Waals surface area (Å²) in [6.45, 7) is 0. The predicted molar refractivity (Wildman–Crippen MR) is 95.3 cm³/mol. The zero-order valence-electron chi connectivity index (χ0n) is 13.8. The number of carbonyl (C=O) groups excluding carboxylic acids is 1. The van der Waals surface area contributed by atoms with E-state index in [4.69, 9.17) is 9.47 Å². The Balaban J connectivity index is 1.77. The SMILES string of the molecule is COc1cccc(C(=O)CSc2nc3cc(OC)ccc3n2C)c1. The molecule has 3 rings (SSSR count). The summed E-state index contributed by atoms with van der Waals surface area (Å²) in [6.07, 6.45) is 0. The highest BCUT2D eigenvalue weighted by molar-refractivity contribution is 7.99. The number of ether oxygens (including phenoxy) is 2. The van der Waals surface area contributed by atoms with Gasteiger partial charge in [0.15, 0.2) is 10.9 Å². The molecule has 1 heterocycles. The van der Waals surface area contributed by atoms with Crippen LogP contribution in [0.25, 0.3) is 11.0 Å². The van der Waals surface area contributed by atoms with Gasteiger partial charge in [0, 0.05) is 18.7 Å². The number of hydrogen-bond donors (Lipinski definition) is 0. The van der Waals surface area contributed by atoms with Crippen molar-refractivity contribution in [2.45, 2.75) is 5.16 Å². The molecule has 0 unspecified atom stereocenters. The first-order valence-corrected chi connectivity index (χ1v) is 8.41. The van der Waals surface area contributed by atoms with Gasteiger partial charge in [-0.1, -0.05) is 23.9 Å². The predicted octanol–water partition coefficient (Wildman–Crippen LogP) is 3.57. The first kappa shape index (κ1) is 16.4. The summed E-state index contributed by atoms with van der Waals surface area (Å²) < 4.78 is 12.4. The number of hydrogen-bond acceptors (Lipinski definition) is 5. The molecule has 0 N–H and O–H groups in total. The van der Waals surface area contributed by atoms with Crippen LogP contribution >= 0.6 is 11.8 Å². The summed E-state index contributed by atoms with van der Waals surface area (Å²) in [5.41, 5.74) is 2.50. The van der Waals surface area contributed by atoms with Crippen LogP contribution in [0.3, 0.4) is 0 Å². The number of nitrogens with zero attached hydrogens (tertiary/aromatic N) is 2. The number of rotatable bonds is 6. The molecule has 0 bridgehead atoms. The Morgan fingerprint density at radius 1 is 1.12 bits per heavy atom. The molecule has 6 heteroatoms. The molecule has 0 radical (unpaired) electrons. The van der Waals surface area contributed by atoms with Gasteiger partial charge in [-0.3, -0.25) is 4.79 Å². The highest BCUT2D eigenvalue weighted by atomic mass is 32.2. The van der Waals surface area contributed by atoms with Gasteiger partial charge in [0.2, 0.25) is 0 Å². The maximum Gasteiger partial charge on any atom is 0.173 e. The second-order valence-corrected chi connectivity index (χ2v) is 6.19. The molecule has 0 atom stereocenters. The average molecular weight is 342 g/mol. The van der Waals surface area contributed by atoms with E-state index in [2.05, 4.69) is 4.98 Å². The summed E-state index contributed by atoms with van der Waals surface area (Å²) in [4.78, 5) is 17.0. The number of aryl methyl sites for hydroxylation is 1. The number of Topliss-reactive ketones (excluding diaryl/α,β-unsaturated/α-hetero) is 1. The highest BCUT2D eigenvalue weighted by Gasteiger charge is 2.13. The van der Waals surface area contributed by atoms with Gasteiger partial charge in [0.25, 0.3) is 0 Å². The molecule has 0 aliphatic carbocycles. The quantitative estimate of drug-likeness (QED) is 0.506. The summed E-state index contributed by atoms with van der Waals surface area (Å²) >= 11 is 1.42. The zero-order chi connectivity index (χ0) is 17.1. The third kappa shape index (κ3) is 3.23. The van der Waals surface area contributed by atoms with Crippen LogP contribution in [0.1, 0.15) is 10.4 Å². The number of methoxy groups -OCH3 is 2. The number of carbonyl (C=O) groups is 1. The number of aromatic nitrogens is 2. The van der Waals surface area contributed by atoms with Crippen molar-refractivity contribution < 1.29 is 14.3 Å². The number of imidazole rings is 1. The Kier molecular flexibility index (Phi) is 4.76. The number of fused-ring (bicyclic) bond motifs is 1. The third-order valence-corrected chi connectivity index (χ3v) is 4.80. The van der Waals surface area contributed by atoms with Crippen LogP contribution in [0.15, 0.2) is 47.6 Å². The fraction of sp³-hybridized carbons (Fsp3) is 0.222. The van der Waals surface area contributed by atoms with Crippen molar-refractivity contribution in [3.8, 4) is 11.5 Å². The first-order valence-electron chi connectivity index (χ1n) is 7.43. The Labute approximate surface area is 144 Å². The molecule has 124 valence electrons. The second-order valence-electron chi connectivity index (χ2n) is 5.25. The molecule has 24 heavy (non-hydrogen) atoms. The molecule has 0 amide bonds. The molecule has 0 spiro atoms. The van der Waals surface area contributed by atoms with E-state index in [1.54, 1.807) is 26.4 Å².